The second-order valence-corrected chi connectivity index (χ2v) is 10.5. The van der Waals surface area contributed by atoms with Gasteiger partial charge in [-0.3, -0.25) is 9.59 Å². The first kappa shape index (κ1) is 28.8. The van der Waals surface area contributed by atoms with Crippen LogP contribution in [0.15, 0.2) is 66.9 Å². The SMILES string of the molecule is CC(C)OC(=O)C1(C)COC(C(N)=O)(c2nc(-c3ccc(F)cc3)c(-c3ccnc(NCc4ccccc4)n3)[nH]2)OC1. The third-order valence-electron chi connectivity index (χ3n) is 6.69. The average Bonchev–Trinajstić information content (AvgIpc) is 3.43. The molecule has 42 heavy (non-hydrogen) atoms. The van der Waals surface area contributed by atoms with Crippen molar-refractivity contribution in [3.05, 3.63) is 84.1 Å². The number of aromatic nitrogens is 4. The van der Waals surface area contributed by atoms with E-state index in [2.05, 4.69) is 25.3 Å². The first-order valence-corrected chi connectivity index (χ1v) is 13.4. The lowest BCUT2D eigenvalue weighted by Crippen LogP contribution is -2.56. The normalized spacial score (nSPS) is 20.3. The van der Waals surface area contributed by atoms with Crippen molar-refractivity contribution in [2.75, 3.05) is 18.5 Å². The molecule has 4 N–H and O–H groups in total. The smallest absolute Gasteiger partial charge is 0.316 e. The number of imidazole rings is 1. The molecule has 1 saturated heterocycles. The summed E-state index contributed by atoms with van der Waals surface area (Å²) < 4.78 is 30.9. The van der Waals surface area contributed by atoms with Crippen LogP contribution >= 0.6 is 0 Å². The van der Waals surface area contributed by atoms with Gasteiger partial charge in [0, 0.05) is 18.3 Å². The number of nitrogens with two attached hydrogens (primary N) is 1. The van der Waals surface area contributed by atoms with Gasteiger partial charge < -0.3 is 30.2 Å². The largest absolute Gasteiger partial charge is 0.462 e. The summed E-state index contributed by atoms with van der Waals surface area (Å²) in [5.74, 6) is -3.76. The van der Waals surface area contributed by atoms with Crippen LogP contribution in [0.1, 0.15) is 32.2 Å². The molecule has 0 radical (unpaired) electrons. The Balaban J connectivity index is 1.51. The van der Waals surface area contributed by atoms with Gasteiger partial charge in [0.2, 0.25) is 5.95 Å². The maximum Gasteiger partial charge on any atom is 0.316 e. The molecule has 2 aromatic carbocycles. The highest BCUT2D eigenvalue weighted by atomic mass is 19.1. The van der Waals surface area contributed by atoms with Crippen LogP contribution in [0.4, 0.5) is 10.3 Å². The molecule has 0 saturated carbocycles. The molecule has 3 heterocycles. The summed E-state index contributed by atoms with van der Waals surface area (Å²) in [6.45, 7) is 5.14. The molecule has 1 fully saturated rings. The van der Waals surface area contributed by atoms with E-state index in [-0.39, 0.29) is 25.1 Å². The molecule has 5 rings (SSSR count). The molecule has 0 bridgehead atoms. The lowest BCUT2D eigenvalue weighted by molar-refractivity contribution is -0.294. The topological polar surface area (TPSA) is 154 Å². The summed E-state index contributed by atoms with van der Waals surface area (Å²) in [5.41, 5.74) is 7.37. The van der Waals surface area contributed by atoms with Crippen molar-refractivity contribution < 1.29 is 28.2 Å². The summed E-state index contributed by atoms with van der Waals surface area (Å²) >= 11 is 0. The van der Waals surface area contributed by atoms with Crippen molar-refractivity contribution in [2.45, 2.75) is 39.2 Å². The first-order chi connectivity index (χ1) is 20.1. The number of primary amides is 1. The number of H-pyrrole nitrogens is 1. The Morgan fingerprint density at radius 1 is 1.07 bits per heavy atom. The standard InChI is InChI=1S/C30H31FN6O5/c1-18(2)42-27(39)29(3)16-40-30(25(32)38,41-17-29)26-36-23(20-9-11-21(31)12-10-20)24(37-26)22-13-14-33-28(35-22)34-15-19-7-5-4-6-8-19/h4-14,18H,15-17H2,1-3H3,(H2,32,38)(H,36,37)(H,33,34,35). The molecule has 11 nitrogen and oxygen atoms in total. The summed E-state index contributed by atoms with van der Waals surface area (Å²) in [6, 6.07) is 17.1. The van der Waals surface area contributed by atoms with Crippen LogP contribution in [0.5, 0.6) is 0 Å². The van der Waals surface area contributed by atoms with Crippen molar-refractivity contribution in [1.82, 2.24) is 19.9 Å². The number of carbonyl (C=O) groups excluding carboxylic acids is 2. The third-order valence-corrected chi connectivity index (χ3v) is 6.69. The summed E-state index contributed by atoms with van der Waals surface area (Å²) in [6.07, 6.45) is 1.23. The number of amides is 1. The van der Waals surface area contributed by atoms with Gasteiger partial charge in [-0.05, 0) is 56.7 Å². The number of anilines is 1. The number of benzene rings is 2. The van der Waals surface area contributed by atoms with Crippen molar-refractivity contribution >= 4 is 17.8 Å². The first-order valence-electron chi connectivity index (χ1n) is 13.4. The van der Waals surface area contributed by atoms with Crippen LogP contribution in [0.3, 0.4) is 0 Å². The molecule has 0 atom stereocenters. The fraction of sp³-hybridized carbons (Fsp3) is 0.300. The maximum atomic E-state index is 13.8. The zero-order valence-electron chi connectivity index (χ0n) is 23.4. The Morgan fingerprint density at radius 3 is 2.40 bits per heavy atom. The van der Waals surface area contributed by atoms with E-state index in [4.69, 9.17) is 19.9 Å². The fourth-order valence-corrected chi connectivity index (χ4v) is 4.37. The number of nitrogens with one attached hydrogen (secondary N) is 2. The van der Waals surface area contributed by atoms with Crippen molar-refractivity contribution in [3.8, 4) is 22.6 Å². The molecule has 1 amide bonds. The number of aromatic amines is 1. The van der Waals surface area contributed by atoms with Gasteiger partial charge in [0.05, 0.1) is 36.4 Å². The summed E-state index contributed by atoms with van der Waals surface area (Å²) in [4.78, 5) is 42.3. The van der Waals surface area contributed by atoms with E-state index < -0.39 is 28.9 Å². The minimum atomic E-state index is -2.13. The van der Waals surface area contributed by atoms with Crippen LogP contribution in [0.25, 0.3) is 22.6 Å². The molecular formula is C30H31FN6O5. The Bertz CT molecular complexity index is 1570. The fourth-order valence-electron chi connectivity index (χ4n) is 4.37. The van der Waals surface area contributed by atoms with Gasteiger partial charge in [-0.15, -0.1) is 0 Å². The number of carbonyl (C=O) groups is 2. The van der Waals surface area contributed by atoms with Crippen LogP contribution in [-0.4, -0.2) is 51.1 Å². The van der Waals surface area contributed by atoms with Gasteiger partial charge in [-0.1, -0.05) is 30.3 Å². The zero-order chi connectivity index (χ0) is 29.9. The van der Waals surface area contributed by atoms with Crippen LogP contribution in [-0.2, 0) is 36.1 Å². The number of hydrogen-bond acceptors (Lipinski definition) is 9. The van der Waals surface area contributed by atoms with Crippen LogP contribution < -0.4 is 11.1 Å². The van der Waals surface area contributed by atoms with Gasteiger partial charge in [0.25, 0.3) is 5.91 Å². The summed E-state index contributed by atoms with van der Waals surface area (Å²) in [7, 11) is 0. The molecule has 0 aliphatic carbocycles. The van der Waals surface area contributed by atoms with Crippen molar-refractivity contribution in [2.24, 2.45) is 11.1 Å². The minimum Gasteiger partial charge on any atom is -0.462 e. The molecule has 218 valence electrons. The Labute approximate surface area is 241 Å². The van der Waals surface area contributed by atoms with E-state index in [1.807, 2.05) is 30.3 Å². The predicted molar refractivity (Wildman–Crippen MR) is 151 cm³/mol. The minimum absolute atomic E-state index is 0.0546. The molecule has 1 aliphatic rings. The molecule has 0 spiro atoms. The van der Waals surface area contributed by atoms with E-state index in [0.717, 1.165) is 5.56 Å². The van der Waals surface area contributed by atoms with E-state index in [0.29, 0.717) is 35.1 Å². The van der Waals surface area contributed by atoms with Gasteiger partial charge in [-0.2, -0.15) is 0 Å². The lowest BCUT2D eigenvalue weighted by atomic mass is 9.91. The summed E-state index contributed by atoms with van der Waals surface area (Å²) in [5, 5.41) is 3.19. The highest BCUT2D eigenvalue weighted by Gasteiger charge is 2.54. The van der Waals surface area contributed by atoms with Gasteiger partial charge in [0.1, 0.15) is 11.2 Å². The van der Waals surface area contributed by atoms with Gasteiger partial charge in [0.15, 0.2) is 5.82 Å². The van der Waals surface area contributed by atoms with Crippen molar-refractivity contribution in [1.29, 1.82) is 0 Å². The average molecular weight is 575 g/mol. The number of esters is 1. The molecule has 0 unspecified atom stereocenters. The van der Waals surface area contributed by atoms with Crippen LogP contribution in [0, 0.1) is 11.2 Å². The number of hydrogen-bond donors (Lipinski definition) is 3. The number of halogens is 1. The molecule has 4 aromatic rings. The quantitative estimate of drug-likeness (QED) is 0.252. The number of rotatable bonds is 9. The highest BCUT2D eigenvalue weighted by molar-refractivity contribution is 5.85. The molecule has 2 aromatic heterocycles. The Hall–Kier alpha value is -4.68. The zero-order valence-corrected chi connectivity index (χ0v) is 23.4. The van der Waals surface area contributed by atoms with Crippen molar-refractivity contribution in [3.63, 3.8) is 0 Å². The molecule has 1 aliphatic heterocycles. The van der Waals surface area contributed by atoms with Crippen LogP contribution in [0.2, 0.25) is 0 Å². The third kappa shape index (κ3) is 5.85. The number of nitrogens with zero attached hydrogens (tertiary/aromatic N) is 3. The van der Waals surface area contributed by atoms with E-state index in [1.54, 1.807) is 45.2 Å². The van der Waals surface area contributed by atoms with Gasteiger partial charge >= 0.3 is 11.8 Å². The van der Waals surface area contributed by atoms with E-state index in [1.165, 1.54) is 12.1 Å². The second-order valence-electron chi connectivity index (χ2n) is 10.5. The Morgan fingerprint density at radius 2 is 1.76 bits per heavy atom. The highest BCUT2D eigenvalue weighted by Crippen LogP contribution is 2.39. The lowest BCUT2D eigenvalue weighted by Gasteiger charge is -2.40. The second kappa shape index (κ2) is 11.7. The predicted octanol–water partition coefficient (Wildman–Crippen LogP) is 3.93. The van der Waals surface area contributed by atoms with E-state index >= 15 is 0 Å². The number of ether oxygens (including phenoxy) is 3. The monoisotopic (exact) mass is 574 g/mol. The van der Waals surface area contributed by atoms with E-state index in [9.17, 15) is 14.0 Å². The Kier molecular flexibility index (Phi) is 8.01. The molecule has 12 heteroatoms. The van der Waals surface area contributed by atoms with Gasteiger partial charge in [-0.25, -0.2) is 19.3 Å². The molecular weight excluding hydrogens is 543 g/mol. The maximum absolute atomic E-state index is 13.8.